The van der Waals surface area contributed by atoms with Crippen molar-refractivity contribution in [3.63, 3.8) is 0 Å². The van der Waals surface area contributed by atoms with E-state index in [0.29, 0.717) is 32.4 Å². The quantitative estimate of drug-likeness (QED) is 0.0336. The standard InChI is InChI=1S/C112H218N4O10/c1-13-21-29-37-48-64-80-102(81-65-49-38-30-22-14-2)123-108(119)88-72-56-45-60-76-94-115(95-77-61-46-57-73-89-109(120)124-103(82-66-50-39-31-23-15-3)83-67-51-40-32-24-16-4)100(9)98-113-106(117)91-92-107(118)114-99-101(10)116(96-78-62-47-58-74-90-110(121)125-104(84-68-52-41-33-25-17-5)85-69-53-42-34-26-18-6)97-79-63-59-75-93-112(11,12)111(122)126-105(86-70-54-43-35-27-19-7)87-71-55-44-36-28-20-8/h100-105H,13-99H2,1-12H3,(H,113,117)(H,114,118). The number of hydrogen-bond donors (Lipinski definition) is 2. The Morgan fingerprint density at radius 1 is 0.230 bits per heavy atom. The molecule has 0 bridgehead atoms. The highest BCUT2D eigenvalue weighted by molar-refractivity contribution is 5.83. The van der Waals surface area contributed by atoms with Crippen molar-refractivity contribution in [1.29, 1.82) is 0 Å². The third-order valence-corrected chi connectivity index (χ3v) is 27.2. The largest absolute Gasteiger partial charge is 0.462 e. The van der Waals surface area contributed by atoms with E-state index in [4.69, 9.17) is 18.9 Å². The lowest BCUT2D eigenvalue weighted by Gasteiger charge is -2.30. The van der Waals surface area contributed by atoms with Gasteiger partial charge in [0.15, 0.2) is 0 Å². The van der Waals surface area contributed by atoms with E-state index >= 15 is 0 Å². The third-order valence-electron chi connectivity index (χ3n) is 27.2. The molecule has 0 rings (SSSR count). The normalized spacial score (nSPS) is 12.4. The molecule has 2 atom stereocenters. The number of hydrogen-bond acceptors (Lipinski definition) is 12. The van der Waals surface area contributed by atoms with Crippen LogP contribution in [0.2, 0.25) is 0 Å². The number of ether oxygens (including phenoxy) is 4. The molecule has 14 heteroatoms. The van der Waals surface area contributed by atoms with Gasteiger partial charge < -0.3 is 29.6 Å². The Morgan fingerprint density at radius 2 is 0.413 bits per heavy atom. The first-order valence-corrected chi connectivity index (χ1v) is 56.2. The Kier molecular flexibility index (Phi) is 91.1. The minimum atomic E-state index is -0.526. The first kappa shape index (κ1) is 123. The van der Waals surface area contributed by atoms with Crippen molar-refractivity contribution in [3.8, 4) is 0 Å². The van der Waals surface area contributed by atoms with Crippen LogP contribution in [0.5, 0.6) is 0 Å². The van der Waals surface area contributed by atoms with E-state index in [1.165, 1.54) is 257 Å². The van der Waals surface area contributed by atoms with Gasteiger partial charge in [-0.1, -0.05) is 389 Å². The van der Waals surface area contributed by atoms with Gasteiger partial charge in [-0.3, -0.25) is 38.6 Å². The number of rotatable bonds is 101. The van der Waals surface area contributed by atoms with Crippen molar-refractivity contribution in [3.05, 3.63) is 0 Å². The molecule has 2 unspecified atom stereocenters. The molecule has 0 aliphatic heterocycles. The Balaban J connectivity index is 6.07. The SMILES string of the molecule is CCCCCCCCC(CCCCCCCC)OC(=O)CCCCCCCN(CCCCCCCC(=O)OC(CCCCCCCC)CCCCCCCC)C(C)CNC(=O)CCC(=O)NCC(C)N(CCCCCCCC(=O)OC(CCCCCCCC)CCCCCCCC)CCCCCCC(C)(C)C(=O)OC(CCCCCCCC)CCCCCCCC. The van der Waals surface area contributed by atoms with Gasteiger partial charge in [0.25, 0.3) is 0 Å². The fourth-order valence-corrected chi connectivity index (χ4v) is 18.3. The summed E-state index contributed by atoms with van der Waals surface area (Å²) in [5, 5.41) is 6.47. The molecular weight excluding hydrogens is 1560 g/mol. The van der Waals surface area contributed by atoms with Gasteiger partial charge in [-0.25, -0.2) is 0 Å². The first-order valence-electron chi connectivity index (χ1n) is 56.2. The van der Waals surface area contributed by atoms with Crippen molar-refractivity contribution >= 4 is 35.7 Å². The number of amides is 2. The zero-order chi connectivity index (χ0) is 92.3. The Hall–Kier alpha value is -3.26. The summed E-state index contributed by atoms with van der Waals surface area (Å²) in [4.78, 5) is 86.2. The Morgan fingerprint density at radius 3 is 0.635 bits per heavy atom. The molecule has 0 saturated carbocycles. The van der Waals surface area contributed by atoms with Crippen LogP contribution in [-0.4, -0.2) is 121 Å². The summed E-state index contributed by atoms with van der Waals surface area (Å²) in [6.45, 7) is 31.5. The van der Waals surface area contributed by atoms with E-state index in [-0.39, 0.29) is 85.0 Å². The van der Waals surface area contributed by atoms with E-state index in [1.54, 1.807) is 0 Å². The van der Waals surface area contributed by atoms with Crippen molar-refractivity contribution in [2.45, 2.75) is 640 Å². The summed E-state index contributed by atoms with van der Waals surface area (Å²) in [5.74, 6) is -0.276. The number of nitrogens with one attached hydrogen (secondary N) is 2. The van der Waals surface area contributed by atoms with Crippen LogP contribution in [0.15, 0.2) is 0 Å². The molecule has 0 aromatic heterocycles. The summed E-state index contributed by atoms with van der Waals surface area (Å²) in [6.07, 6.45) is 90.1. The molecule has 0 aromatic rings. The second kappa shape index (κ2) is 93.5. The van der Waals surface area contributed by atoms with Gasteiger partial charge in [-0.05, 0) is 208 Å². The molecule has 0 heterocycles. The number of carbonyl (C=O) groups excluding carboxylic acids is 6. The number of carbonyl (C=O) groups is 6. The fourth-order valence-electron chi connectivity index (χ4n) is 18.3. The van der Waals surface area contributed by atoms with E-state index < -0.39 is 5.41 Å². The maximum Gasteiger partial charge on any atom is 0.311 e. The minimum absolute atomic E-state index is 0.0174. The van der Waals surface area contributed by atoms with Crippen molar-refractivity contribution < 1.29 is 47.7 Å². The lowest BCUT2D eigenvalue weighted by Crippen LogP contribution is -2.44. The zero-order valence-electron chi connectivity index (χ0n) is 86.5. The van der Waals surface area contributed by atoms with Crippen LogP contribution in [0, 0.1) is 5.41 Å². The van der Waals surface area contributed by atoms with E-state index in [2.05, 4.69) is 104 Å². The lowest BCUT2D eigenvalue weighted by atomic mass is 9.86. The number of unbranched alkanes of at least 4 members (excludes halogenated alkanes) is 55. The van der Waals surface area contributed by atoms with Crippen molar-refractivity contribution in [2.75, 3.05) is 39.3 Å². The van der Waals surface area contributed by atoms with E-state index in [0.717, 1.165) is 257 Å². The van der Waals surface area contributed by atoms with Gasteiger partial charge in [0.1, 0.15) is 24.4 Å². The lowest BCUT2D eigenvalue weighted by molar-refractivity contribution is -0.161. The molecule has 0 saturated heterocycles. The predicted octanol–water partition coefficient (Wildman–Crippen LogP) is 33.0. The van der Waals surface area contributed by atoms with Gasteiger partial charge in [0, 0.05) is 57.3 Å². The highest BCUT2D eigenvalue weighted by atomic mass is 16.6. The minimum Gasteiger partial charge on any atom is -0.462 e. The number of nitrogens with zero attached hydrogens (tertiary/aromatic N) is 2. The van der Waals surface area contributed by atoms with Gasteiger partial charge in [-0.2, -0.15) is 0 Å². The maximum atomic E-state index is 13.9. The van der Waals surface area contributed by atoms with Crippen LogP contribution in [-0.2, 0) is 47.7 Å². The van der Waals surface area contributed by atoms with Crippen LogP contribution < -0.4 is 10.6 Å². The highest BCUT2D eigenvalue weighted by Gasteiger charge is 2.31. The van der Waals surface area contributed by atoms with Crippen LogP contribution in [0.4, 0.5) is 0 Å². The molecule has 746 valence electrons. The summed E-state index contributed by atoms with van der Waals surface area (Å²) >= 11 is 0. The van der Waals surface area contributed by atoms with Crippen molar-refractivity contribution in [1.82, 2.24) is 20.4 Å². The van der Waals surface area contributed by atoms with Gasteiger partial charge >= 0.3 is 23.9 Å². The molecule has 0 radical (unpaired) electrons. The van der Waals surface area contributed by atoms with Crippen LogP contribution >= 0.6 is 0 Å². The van der Waals surface area contributed by atoms with E-state index in [9.17, 15) is 28.8 Å². The number of esters is 4. The summed E-state index contributed by atoms with van der Waals surface area (Å²) in [6, 6.07) is 0.231. The zero-order valence-corrected chi connectivity index (χ0v) is 86.5. The van der Waals surface area contributed by atoms with Crippen LogP contribution in [0.3, 0.4) is 0 Å². The monoisotopic (exact) mass is 1780 g/mol. The summed E-state index contributed by atoms with van der Waals surface area (Å²) in [5.41, 5.74) is -0.526. The van der Waals surface area contributed by atoms with E-state index in [1.807, 2.05) is 0 Å². The average Bonchev–Trinajstić information content (AvgIpc) is 0.858. The van der Waals surface area contributed by atoms with Gasteiger partial charge in [0.05, 0.1) is 5.41 Å². The molecule has 14 nitrogen and oxygen atoms in total. The van der Waals surface area contributed by atoms with Crippen LogP contribution in [0.1, 0.15) is 603 Å². The summed E-state index contributed by atoms with van der Waals surface area (Å²) < 4.78 is 25.0. The topological polar surface area (TPSA) is 170 Å². The molecule has 0 aromatic carbocycles. The molecule has 0 aliphatic rings. The molecule has 2 N–H and O–H groups in total. The molecule has 0 aliphatic carbocycles. The second-order valence-electron chi connectivity index (χ2n) is 40.3. The average molecular weight is 1780 g/mol. The smallest absolute Gasteiger partial charge is 0.311 e. The van der Waals surface area contributed by atoms with Crippen LogP contribution in [0.25, 0.3) is 0 Å². The molecule has 126 heavy (non-hydrogen) atoms. The second-order valence-corrected chi connectivity index (χ2v) is 40.3. The third kappa shape index (κ3) is 81.5. The maximum absolute atomic E-state index is 13.9. The highest BCUT2D eigenvalue weighted by Crippen LogP contribution is 2.30. The first-order chi connectivity index (χ1) is 61.4. The Bertz CT molecular complexity index is 2240. The molecular formula is C112H218N4O10. The Labute approximate surface area is 783 Å². The predicted molar refractivity (Wildman–Crippen MR) is 541 cm³/mol. The van der Waals surface area contributed by atoms with Gasteiger partial charge in [-0.15, -0.1) is 0 Å². The fraction of sp³-hybridized carbons (Fsp3) is 0.946. The molecule has 0 spiro atoms. The van der Waals surface area contributed by atoms with Crippen molar-refractivity contribution in [2.24, 2.45) is 5.41 Å². The summed E-state index contributed by atoms with van der Waals surface area (Å²) in [7, 11) is 0. The molecule has 0 fully saturated rings. The van der Waals surface area contributed by atoms with Gasteiger partial charge in [0.2, 0.25) is 11.8 Å². The molecule has 2 amide bonds.